The zero-order valence-corrected chi connectivity index (χ0v) is 10.8. The molecule has 7 nitrogen and oxygen atoms in total. The lowest BCUT2D eigenvalue weighted by Crippen LogP contribution is -2.27. The molecule has 0 aliphatic heterocycles. The van der Waals surface area contributed by atoms with E-state index in [0.29, 0.717) is 17.8 Å². The van der Waals surface area contributed by atoms with E-state index in [1.807, 2.05) is 0 Å². The number of aromatic nitrogens is 4. The average Bonchev–Trinajstić information content (AvgIpc) is 2.90. The van der Waals surface area contributed by atoms with E-state index in [9.17, 15) is 4.79 Å². The van der Waals surface area contributed by atoms with Gasteiger partial charge in [0.1, 0.15) is 12.7 Å². The molecule has 102 valence electrons. The molecule has 1 atom stereocenters. The summed E-state index contributed by atoms with van der Waals surface area (Å²) in [5.41, 5.74) is 2.95. The van der Waals surface area contributed by atoms with Gasteiger partial charge in [-0.2, -0.15) is 5.10 Å². The number of carbonyl (C=O) groups is 1. The lowest BCUT2D eigenvalue weighted by atomic mass is 9.97. The molecule has 19 heavy (non-hydrogen) atoms. The summed E-state index contributed by atoms with van der Waals surface area (Å²) >= 11 is 0. The van der Waals surface area contributed by atoms with E-state index >= 15 is 0 Å². The first-order chi connectivity index (χ1) is 9.26. The molecular formula is C12H17N5O2. The highest BCUT2D eigenvalue weighted by atomic mass is 16.5. The van der Waals surface area contributed by atoms with Gasteiger partial charge in [-0.25, -0.2) is 20.0 Å². The fourth-order valence-electron chi connectivity index (χ4n) is 2.02. The van der Waals surface area contributed by atoms with Crippen LogP contribution in [0.2, 0.25) is 0 Å². The van der Waals surface area contributed by atoms with Crippen molar-refractivity contribution in [2.24, 2.45) is 0 Å². The molecule has 0 radical (unpaired) electrons. The zero-order valence-electron chi connectivity index (χ0n) is 10.8. The zero-order chi connectivity index (χ0) is 13.7. The molecular weight excluding hydrogens is 246 g/mol. The van der Waals surface area contributed by atoms with Gasteiger partial charge in [-0.3, -0.25) is 10.0 Å². The van der Waals surface area contributed by atoms with Crippen LogP contribution in [0.5, 0.6) is 0 Å². The van der Waals surface area contributed by atoms with Crippen molar-refractivity contribution in [1.82, 2.24) is 25.1 Å². The minimum Gasteiger partial charge on any atom is -0.289 e. The first-order valence-electron chi connectivity index (χ1n) is 6.35. The number of carbonyl (C=O) groups excluding carboxylic acids is 1. The largest absolute Gasteiger partial charge is 0.289 e. The highest BCUT2D eigenvalue weighted by Crippen LogP contribution is 2.21. The van der Waals surface area contributed by atoms with Crippen molar-refractivity contribution in [3.8, 4) is 0 Å². The van der Waals surface area contributed by atoms with Crippen LogP contribution in [-0.2, 0) is 4.79 Å². The van der Waals surface area contributed by atoms with Crippen molar-refractivity contribution in [2.45, 2.75) is 38.5 Å². The summed E-state index contributed by atoms with van der Waals surface area (Å²) in [4.78, 5) is 20.0. The van der Waals surface area contributed by atoms with Gasteiger partial charge in [0.05, 0.1) is 11.6 Å². The third kappa shape index (κ3) is 3.05. The van der Waals surface area contributed by atoms with E-state index in [4.69, 9.17) is 5.21 Å². The number of nitrogens with zero attached hydrogens (tertiary/aromatic N) is 4. The number of fused-ring (bicyclic) bond motifs is 1. The van der Waals surface area contributed by atoms with E-state index in [2.05, 4.69) is 22.0 Å². The van der Waals surface area contributed by atoms with Gasteiger partial charge in [0.2, 0.25) is 0 Å². The molecule has 1 unspecified atom stereocenters. The van der Waals surface area contributed by atoms with Gasteiger partial charge in [0.25, 0.3) is 5.91 Å². The van der Waals surface area contributed by atoms with E-state index in [0.717, 1.165) is 19.3 Å². The molecule has 2 rings (SSSR count). The molecule has 1 amide bonds. The molecule has 0 spiro atoms. The summed E-state index contributed by atoms with van der Waals surface area (Å²) < 4.78 is 1.53. The van der Waals surface area contributed by atoms with Crippen LogP contribution in [-0.4, -0.2) is 30.7 Å². The third-order valence-corrected chi connectivity index (χ3v) is 3.07. The smallest absolute Gasteiger partial charge is 0.252 e. The quantitative estimate of drug-likeness (QED) is 0.465. The number of amides is 1. The van der Waals surface area contributed by atoms with Crippen LogP contribution in [0.25, 0.3) is 5.65 Å². The van der Waals surface area contributed by atoms with Gasteiger partial charge in [0.15, 0.2) is 5.65 Å². The molecule has 0 saturated carbocycles. The van der Waals surface area contributed by atoms with Crippen molar-refractivity contribution >= 4 is 11.6 Å². The Kier molecular flexibility index (Phi) is 4.40. The van der Waals surface area contributed by atoms with Crippen LogP contribution < -0.4 is 5.48 Å². The Morgan fingerprint density at radius 1 is 1.47 bits per heavy atom. The fraction of sp³-hybridized carbons (Fsp3) is 0.500. The number of nitrogens with one attached hydrogen (secondary N) is 1. The second-order valence-corrected chi connectivity index (χ2v) is 4.40. The highest BCUT2D eigenvalue weighted by Gasteiger charge is 2.21. The van der Waals surface area contributed by atoms with Crippen LogP contribution in [0.15, 0.2) is 18.7 Å². The van der Waals surface area contributed by atoms with Crippen LogP contribution in [0.3, 0.4) is 0 Å². The first kappa shape index (κ1) is 13.4. The molecule has 2 heterocycles. The molecule has 0 aromatic carbocycles. The molecule has 2 aromatic heterocycles. The van der Waals surface area contributed by atoms with Gasteiger partial charge in [0, 0.05) is 6.07 Å². The monoisotopic (exact) mass is 263 g/mol. The number of hydrogen-bond donors (Lipinski definition) is 2. The van der Waals surface area contributed by atoms with Gasteiger partial charge >= 0.3 is 0 Å². The molecule has 2 aromatic rings. The second-order valence-electron chi connectivity index (χ2n) is 4.40. The Labute approximate surface area is 110 Å². The van der Waals surface area contributed by atoms with E-state index in [1.165, 1.54) is 17.2 Å². The Morgan fingerprint density at radius 3 is 3.05 bits per heavy atom. The molecule has 0 aliphatic rings. The Bertz CT molecular complexity index is 554. The number of hydroxylamine groups is 1. The van der Waals surface area contributed by atoms with Gasteiger partial charge < -0.3 is 0 Å². The lowest BCUT2D eigenvalue weighted by Gasteiger charge is -2.13. The minimum absolute atomic E-state index is 0.438. The summed E-state index contributed by atoms with van der Waals surface area (Å²) in [5.74, 6) is -0.897. The summed E-state index contributed by atoms with van der Waals surface area (Å²) in [6.07, 6.45) is 6.63. The van der Waals surface area contributed by atoms with Crippen LogP contribution in [0.4, 0.5) is 0 Å². The minimum atomic E-state index is -0.460. The van der Waals surface area contributed by atoms with Crippen LogP contribution in [0.1, 0.15) is 44.2 Å². The predicted molar refractivity (Wildman–Crippen MR) is 67.6 cm³/mol. The Morgan fingerprint density at radius 2 is 2.32 bits per heavy atom. The average molecular weight is 263 g/mol. The fourth-order valence-corrected chi connectivity index (χ4v) is 2.02. The number of hydrogen-bond acceptors (Lipinski definition) is 5. The molecule has 0 saturated heterocycles. The maximum absolute atomic E-state index is 11.7. The predicted octanol–water partition coefficient (Wildman–Crippen LogP) is 1.29. The van der Waals surface area contributed by atoms with Gasteiger partial charge in [-0.1, -0.05) is 26.2 Å². The topological polar surface area (TPSA) is 92.4 Å². The van der Waals surface area contributed by atoms with Crippen molar-refractivity contribution < 1.29 is 10.0 Å². The lowest BCUT2D eigenvalue weighted by molar-refractivity contribution is -0.131. The SMILES string of the molecule is CCCCCC(C(=O)NO)c1cc2ncnn2cn1. The molecule has 0 bridgehead atoms. The second kappa shape index (κ2) is 6.24. The van der Waals surface area contributed by atoms with Crippen LogP contribution >= 0.6 is 0 Å². The maximum atomic E-state index is 11.7. The third-order valence-electron chi connectivity index (χ3n) is 3.07. The van der Waals surface area contributed by atoms with E-state index in [-0.39, 0.29) is 0 Å². The molecule has 7 heteroatoms. The summed E-state index contributed by atoms with van der Waals surface area (Å²) in [6, 6.07) is 1.72. The van der Waals surface area contributed by atoms with Crippen LogP contribution in [0, 0.1) is 0 Å². The van der Waals surface area contributed by atoms with Crippen molar-refractivity contribution in [2.75, 3.05) is 0 Å². The van der Waals surface area contributed by atoms with Crippen molar-refractivity contribution in [1.29, 1.82) is 0 Å². The standard InChI is InChI=1S/C12H17N5O2/c1-2-3-4-5-9(12(18)16-19)10-6-11-13-7-15-17(11)8-14-10/h6-9,19H,2-5H2,1H3,(H,16,18). The summed E-state index contributed by atoms with van der Waals surface area (Å²) in [6.45, 7) is 2.10. The first-order valence-corrected chi connectivity index (χ1v) is 6.35. The number of unbranched alkanes of at least 4 members (excludes halogenated alkanes) is 2. The maximum Gasteiger partial charge on any atom is 0.252 e. The highest BCUT2D eigenvalue weighted by molar-refractivity contribution is 5.82. The van der Waals surface area contributed by atoms with Gasteiger partial charge in [-0.05, 0) is 6.42 Å². The Hall–Kier alpha value is -2.02. The van der Waals surface area contributed by atoms with Crippen molar-refractivity contribution in [3.05, 3.63) is 24.4 Å². The molecule has 0 fully saturated rings. The van der Waals surface area contributed by atoms with E-state index in [1.54, 1.807) is 11.5 Å². The summed E-state index contributed by atoms with van der Waals surface area (Å²) in [7, 11) is 0. The summed E-state index contributed by atoms with van der Waals surface area (Å²) in [5, 5.41) is 12.8. The van der Waals surface area contributed by atoms with E-state index < -0.39 is 11.8 Å². The van der Waals surface area contributed by atoms with Gasteiger partial charge in [-0.15, -0.1) is 0 Å². The normalized spacial score (nSPS) is 12.5. The Balaban J connectivity index is 2.22. The molecule has 2 N–H and O–H groups in total. The van der Waals surface area contributed by atoms with Crippen molar-refractivity contribution in [3.63, 3.8) is 0 Å². The molecule has 0 aliphatic carbocycles. The number of rotatable bonds is 6.